The van der Waals surface area contributed by atoms with E-state index in [1.165, 1.54) is 10.6 Å². The van der Waals surface area contributed by atoms with Gasteiger partial charge in [-0.15, -0.1) is 0 Å². The summed E-state index contributed by atoms with van der Waals surface area (Å²) in [6.07, 6.45) is 0. The molecule has 0 atom stereocenters. The van der Waals surface area contributed by atoms with Gasteiger partial charge in [0.25, 0.3) is 0 Å². The molecule has 0 aliphatic carbocycles. The number of fused-ring (bicyclic) bond motifs is 1. The van der Waals surface area contributed by atoms with Crippen LogP contribution >= 0.6 is 0 Å². The number of benzene rings is 1. The second-order valence-corrected chi connectivity index (χ2v) is 22.7. The van der Waals surface area contributed by atoms with E-state index in [0.29, 0.717) is 39.9 Å². The van der Waals surface area contributed by atoms with Crippen LogP contribution in [0.4, 0.5) is 0 Å². The van der Waals surface area contributed by atoms with Crippen molar-refractivity contribution in [1.82, 2.24) is 0 Å². The zero-order chi connectivity index (χ0) is 23.7. The zero-order valence-corrected chi connectivity index (χ0v) is 24.3. The molecule has 0 saturated heterocycles. The summed E-state index contributed by atoms with van der Waals surface area (Å²) in [5.41, 5.74) is 4.65. The molecule has 0 saturated carbocycles. The van der Waals surface area contributed by atoms with Crippen molar-refractivity contribution in [3.63, 3.8) is 0 Å². The summed E-state index contributed by atoms with van der Waals surface area (Å²) in [6.45, 7) is 29.4. The quantitative estimate of drug-likeness (QED) is 0.330. The molecule has 0 aliphatic rings. The predicted molar refractivity (Wildman–Crippen MR) is 143 cm³/mol. The van der Waals surface area contributed by atoms with Gasteiger partial charge in [-0.05, 0) is 44.5 Å². The van der Waals surface area contributed by atoms with Crippen LogP contribution in [0.2, 0.25) is 33.2 Å². The van der Waals surface area contributed by atoms with Gasteiger partial charge in [-0.2, -0.15) is 0 Å². The molecule has 176 valence electrons. The molecule has 2 rings (SSSR count). The van der Waals surface area contributed by atoms with Crippen LogP contribution in [0.3, 0.4) is 0 Å². The van der Waals surface area contributed by atoms with Crippen LogP contribution in [-0.4, -0.2) is 16.4 Å². The first-order valence-electron chi connectivity index (χ1n) is 12.5. The Hall–Kier alpha value is -0.846. The number of rotatable bonds is 10. The minimum atomic E-state index is -1.97. The normalized spacial score (nSPS) is 13.9. The summed E-state index contributed by atoms with van der Waals surface area (Å²) in [4.78, 5) is 0. The second kappa shape index (κ2) is 9.97. The van der Waals surface area contributed by atoms with E-state index in [2.05, 4.69) is 107 Å². The van der Waals surface area contributed by atoms with Crippen molar-refractivity contribution in [2.75, 3.05) is 0 Å². The molecular formula is C27H48O2Si2. The lowest BCUT2D eigenvalue weighted by molar-refractivity contribution is 0.242. The number of para-hydroxylation sites is 1. The van der Waals surface area contributed by atoms with E-state index in [1.54, 1.807) is 0 Å². The van der Waals surface area contributed by atoms with Crippen molar-refractivity contribution in [3.8, 4) is 0 Å². The van der Waals surface area contributed by atoms with Crippen LogP contribution in [0.15, 0.2) is 28.7 Å². The summed E-state index contributed by atoms with van der Waals surface area (Å²) in [5.74, 6) is 1.11. The van der Waals surface area contributed by atoms with E-state index in [0.717, 1.165) is 11.3 Å². The molecule has 0 N–H and O–H groups in total. The molecule has 0 spiro atoms. The fraction of sp³-hybridized carbons (Fsp3) is 0.704. The standard InChI is InChI=1S/C27H48O2Si2/c1-18(2)30(19(3)4,20(5)6)27-24-15-13-14-16-25(24)29-26(27)17-28-31(21(7)8,22(9)10)23(11)12/h13-16,18-23H,17H2,1-12H3. The third-order valence-electron chi connectivity index (χ3n) is 8.13. The van der Waals surface area contributed by atoms with Crippen LogP contribution in [0.25, 0.3) is 11.0 Å². The van der Waals surface area contributed by atoms with Crippen molar-refractivity contribution in [1.29, 1.82) is 0 Å². The molecule has 4 heteroatoms. The van der Waals surface area contributed by atoms with E-state index < -0.39 is 16.4 Å². The Kier molecular flexibility index (Phi) is 8.49. The van der Waals surface area contributed by atoms with Gasteiger partial charge in [0.05, 0.1) is 14.7 Å². The third kappa shape index (κ3) is 4.37. The number of furan rings is 1. The molecule has 0 fully saturated rings. The van der Waals surface area contributed by atoms with Crippen molar-refractivity contribution in [2.45, 2.75) is 123 Å². The molecule has 2 nitrogen and oxygen atoms in total. The molecule has 1 aromatic heterocycles. The maximum atomic E-state index is 7.07. The Morgan fingerprint density at radius 3 is 1.55 bits per heavy atom. The van der Waals surface area contributed by atoms with Gasteiger partial charge in [-0.3, -0.25) is 0 Å². The Morgan fingerprint density at radius 1 is 0.677 bits per heavy atom. The Morgan fingerprint density at radius 2 is 1.13 bits per heavy atom. The van der Waals surface area contributed by atoms with E-state index in [9.17, 15) is 0 Å². The molecule has 1 heterocycles. The molecule has 31 heavy (non-hydrogen) atoms. The largest absolute Gasteiger partial charge is 0.459 e. The number of hydrogen-bond donors (Lipinski definition) is 0. The van der Waals surface area contributed by atoms with Crippen molar-refractivity contribution in [3.05, 3.63) is 30.0 Å². The Bertz CT molecular complexity index is 802. The summed E-state index contributed by atoms with van der Waals surface area (Å²) in [5, 5.41) is 2.86. The first-order chi connectivity index (χ1) is 14.3. The molecule has 0 bridgehead atoms. The molecule has 1 aromatic carbocycles. The maximum Gasteiger partial charge on any atom is 0.201 e. The Labute approximate surface area is 194 Å². The predicted octanol–water partition coefficient (Wildman–Crippen LogP) is 9.01. The van der Waals surface area contributed by atoms with E-state index in [4.69, 9.17) is 8.84 Å². The highest BCUT2D eigenvalue weighted by Gasteiger charge is 2.49. The highest BCUT2D eigenvalue weighted by Crippen LogP contribution is 2.45. The Balaban J connectivity index is 2.73. The topological polar surface area (TPSA) is 22.4 Å². The van der Waals surface area contributed by atoms with Crippen LogP contribution < -0.4 is 5.19 Å². The van der Waals surface area contributed by atoms with Gasteiger partial charge < -0.3 is 8.84 Å². The van der Waals surface area contributed by atoms with Crippen LogP contribution in [0, 0.1) is 0 Å². The van der Waals surface area contributed by atoms with Gasteiger partial charge in [0.15, 0.2) is 0 Å². The fourth-order valence-electron chi connectivity index (χ4n) is 7.23. The van der Waals surface area contributed by atoms with Crippen molar-refractivity contribution >= 4 is 32.5 Å². The van der Waals surface area contributed by atoms with Gasteiger partial charge in [-0.25, -0.2) is 0 Å². The van der Waals surface area contributed by atoms with E-state index >= 15 is 0 Å². The highest BCUT2D eigenvalue weighted by atomic mass is 28.4. The lowest BCUT2D eigenvalue weighted by atomic mass is 10.2. The van der Waals surface area contributed by atoms with Crippen molar-refractivity contribution < 1.29 is 8.84 Å². The smallest absolute Gasteiger partial charge is 0.201 e. The highest BCUT2D eigenvalue weighted by molar-refractivity contribution is 6.96. The molecule has 0 amide bonds. The van der Waals surface area contributed by atoms with E-state index in [-0.39, 0.29) is 0 Å². The first kappa shape index (κ1) is 26.4. The van der Waals surface area contributed by atoms with Crippen LogP contribution in [0.1, 0.15) is 88.8 Å². The van der Waals surface area contributed by atoms with Crippen molar-refractivity contribution in [2.24, 2.45) is 0 Å². The first-order valence-corrected chi connectivity index (χ1v) is 16.9. The van der Waals surface area contributed by atoms with Gasteiger partial charge >= 0.3 is 0 Å². The van der Waals surface area contributed by atoms with E-state index in [1.807, 2.05) is 0 Å². The van der Waals surface area contributed by atoms with Gasteiger partial charge in [0, 0.05) is 5.39 Å². The third-order valence-corrected chi connectivity index (χ3v) is 21.3. The molecule has 2 aromatic rings. The average molecular weight is 461 g/mol. The zero-order valence-electron chi connectivity index (χ0n) is 22.3. The summed E-state index contributed by atoms with van der Waals surface area (Å²) in [7, 11) is -3.86. The minimum absolute atomic E-state index is 0.572. The summed E-state index contributed by atoms with van der Waals surface area (Å²) < 4.78 is 13.7. The molecule has 0 radical (unpaired) electrons. The maximum absolute atomic E-state index is 7.07. The van der Waals surface area contributed by atoms with Gasteiger partial charge in [0.2, 0.25) is 8.32 Å². The molecular weight excluding hydrogens is 412 g/mol. The van der Waals surface area contributed by atoms with Crippen LogP contribution in [0.5, 0.6) is 0 Å². The molecule has 0 unspecified atom stereocenters. The lowest BCUT2D eigenvalue weighted by Crippen LogP contribution is -2.57. The SMILES string of the molecule is CC(C)[Si](OCc1oc2ccccc2c1[Si](C(C)C)(C(C)C)C(C)C)(C(C)C)C(C)C. The summed E-state index contributed by atoms with van der Waals surface area (Å²) >= 11 is 0. The lowest BCUT2D eigenvalue weighted by Gasteiger charge is -2.44. The fourth-order valence-corrected chi connectivity index (χ4v) is 19.6. The second-order valence-electron chi connectivity index (χ2n) is 11.4. The van der Waals surface area contributed by atoms with Gasteiger partial charge in [0.1, 0.15) is 11.3 Å². The monoisotopic (exact) mass is 460 g/mol. The minimum Gasteiger partial charge on any atom is -0.459 e. The summed E-state index contributed by atoms with van der Waals surface area (Å²) in [6, 6.07) is 8.69. The number of hydrogen-bond acceptors (Lipinski definition) is 2. The average Bonchev–Trinajstić information content (AvgIpc) is 3.00. The van der Waals surface area contributed by atoms with Crippen LogP contribution in [-0.2, 0) is 11.0 Å². The molecule has 0 aliphatic heterocycles. The van der Waals surface area contributed by atoms with Gasteiger partial charge in [-0.1, -0.05) is 101 Å².